The van der Waals surface area contributed by atoms with Crippen LogP contribution in [0.1, 0.15) is 43.0 Å². The highest BCUT2D eigenvalue weighted by molar-refractivity contribution is 5.94. The van der Waals surface area contributed by atoms with Crippen LogP contribution < -0.4 is 0 Å². The highest BCUT2D eigenvalue weighted by Crippen LogP contribution is 2.32. The highest BCUT2D eigenvalue weighted by Gasteiger charge is 2.34. The van der Waals surface area contributed by atoms with Crippen molar-refractivity contribution in [2.45, 2.75) is 38.2 Å². The van der Waals surface area contributed by atoms with E-state index in [0.717, 1.165) is 64.3 Å². The number of hydrogen-bond acceptors (Lipinski definition) is 4. The van der Waals surface area contributed by atoms with Gasteiger partial charge in [-0.15, -0.1) is 0 Å². The maximum atomic E-state index is 12.4. The van der Waals surface area contributed by atoms with Crippen molar-refractivity contribution < 1.29 is 9.90 Å². The number of rotatable bonds is 3. The molecule has 3 rings (SSSR count). The Hall–Kier alpha value is -1.46. The normalized spacial score (nSPS) is 29.5. The van der Waals surface area contributed by atoms with Gasteiger partial charge in [-0.05, 0) is 43.7 Å². The maximum absolute atomic E-state index is 12.4. The van der Waals surface area contributed by atoms with Crippen LogP contribution in [0.15, 0.2) is 24.5 Å². The zero-order valence-electron chi connectivity index (χ0n) is 13.9. The first-order valence-electron chi connectivity index (χ1n) is 8.70. The number of aromatic nitrogens is 1. The smallest absolute Gasteiger partial charge is 0.254 e. The molecule has 2 aliphatic rings. The molecule has 0 aromatic carbocycles. The third kappa shape index (κ3) is 4.09. The lowest BCUT2D eigenvalue weighted by Gasteiger charge is -2.42. The molecule has 2 fully saturated rings. The Morgan fingerprint density at radius 2 is 1.83 bits per heavy atom. The predicted octanol–water partition coefficient (Wildman–Crippen LogP) is 1.78. The molecule has 0 spiro atoms. The van der Waals surface area contributed by atoms with E-state index >= 15 is 0 Å². The van der Waals surface area contributed by atoms with Crippen LogP contribution in [0, 0.1) is 5.92 Å². The minimum absolute atomic E-state index is 0.0808. The van der Waals surface area contributed by atoms with Crippen molar-refractivity contribution in [1.29, 1.82) is 0 Å². The predicted molar refractivity (Wildman–Crippen MR) is 89.2 cm³/mol. The largest absolute Gasteiger partial charge is 0.389 e. The maximum Gasteiger partial charge on any atom is 0.254 e. The molecule has 0 radical (unpaired) electrons. The molecule has 1 aliphatic heterocycles. The van der Waals surface area contributed by atoms with Crippen LogP contribution >= 0.6 is 0 Å². The number of aliphatic hydroxyl groups is 1. The van der Waals surface area contributed by atoms with Crippen LogP contribution in [0.3, 0.4) is 0 Å². The SMILES string of the molecule is CC1CCC(O)(CN2CCN(C(=O)c3ccncc3)CC2)CC1. The van der Waals surface area contributed by atoms with E-state index in [1.165, 1.54) is 0 Å². The van der Waals surface area contributed by atoms with Gasteiger partial charge in [0.2, 0.25) is 0 Å². The van der Waals surface area contributed by atoms with Gasteiger partial charge in [0.05, 0.1) is 5.60 Å². The molecule has 1 saturated carbocycles. The molecule has 0 unspecified atom stereocenters. The molecular weight excluding hydrogens is 290 g/mol. The van der Waals surface area contributed by atoms with Crippen molar-refractivity contribution >= 4 is 5.91 Å². The van der Waals surface area contributed by atoms with Gasteiger partial charge in [0, 0.05) is 50.7 Å². The zero-order chi connectivity index (χ0) is 16.3. The topological polar surface area (TPSA) is 56.7 Å². The summed E-state index contributed by atoms with van der Waals surface area (Å²) in [5, 5.41) is 10.8. The molecule has 5 heteroatoms. The molecule has 2 heterocycles. The Kier molecular flexibility index (Phi) is 4.97. The number of carbonyl (C=O) groups excluding carboxylic acids is 1. The van der Waals surface area contributed by atoms with E-state index in [4.69, 9.17) is 0 Å². The van der Waals surface area contributed by atoms with Crippen LogP contribution in [0.25, 0.3) is 0 Å². The number of pyridine rings is 1. The average molecular weight is 317 g/mol. The molecule has 1 amide bonds. The summed E-state index contributed by atoms with van der Waals surface area (Å²) in [5.41, 5.74) is 0.178. The minimum atomic E-state index is -0.524. The fourth-order valence-corrected chi connectivity index (χ4v) is 3.66. The van der Waals surface area contributed by atoms with E-state index in [2.05, 4.69) is 16.8 Å². The summed E-state index contributed by atoms with van der Waals surface area (Å²) in [5.74, 6) is 0.822. The first kappa shape index (κ1) is 16.4. The lowest BCUT2D eigenvalue weighted by Crippen LogP contribution is -2.53. The third-order valence-corrected chi connectivity index (χ3v) is 5.31. The fourth-order valence-electron chi connectivity index (χ4n) is 3.66. The Labute approximate surface area is 138 Å². The molecule has 0 atom stereocenters. The van der Waals surface area contributed by atoms with Crippen LogP contribution in [-0.4, -0.2) is 64.1 Å². The Morgan fingerprint density at radius 3 is 2.43 bits per heavy atom. The molecular formula is C18H27N3O2. The number of nitrogens with zero attached hydrogens (tertiary/aromatic N) is 3. The second-order valence-corrected chi connectivity index (χ2v) is 7.21. The van der Waals surface area contributed by atoms with E-state index in [-0.39, 0.29) is 5.91 Å². The summed E-state index contributed by atoms with van der Waals surface area (Å²) in [6, 6.07) is 3.53. The van der Waals surface area contributed by atoms with Gasteiger partial charge in [-0.2, -0.15) is 0 Å². The minimum Gasteiger partial charge on any atom is -0.389 e. The molecule has 1 saturated heterocycles. The molecule has 1 aromatic rings. The first-order valence-corrected chi connectivity index (χ1v) is 8.70. The van der Waals surface area contributed by atoms with Crippen molar-refractivity contribution in [3.63, 3.8) is 0 Å². The lowest BCUT2D eigenvalue weighted by atomic mass is 9.79. The quantitative estimate of drug-likeness (QED) is 0.923. The first-order chi connectivity index (χ1) is 11.1. The van der Waals surface area contributed by atoms with Crippen LogP contribution in [0.4, 0.5) is 0 Å². The fraction of sp³-hybridized carbons (Fsp3) is 0.667. The van der Waals surface area contributed by atoms with Gasteiger partial charge < -0.3 is 10.0 Å². The van der Waals surface area contributed by atoms with E-state index in [9.17, 15) is 9.90 Å². The molecule has 5 nitrogen and oxygen atoms in total. The van der Waals surface area contributed by atoms with Gasteiger partial charge in [-0.25, -0.2) is 0 Å². The third-order valence-electron chi connectivity index (χ3n) is 5.31. The van der Waals surface area contributed by atoms with Crippen LogP contribution in [0.2, 0.25) is 0 Å². The van der Waals surface area contributed by atoms with E-state index < -0.39 is 5.60 Å². The monoisotopic (exact) mass is 317 g/mol. The van der Waals surface area contributed by atoms with Gasteiger partial charge in [0.15, 0.2) is 0 Å². The Balaban J connectivity index is 1.50. The molecule has 0 bridgehead atoms. The van der Waals surface area contributed by atoms with E-state index in [1.807, 2.05) is 4.90 Å². The summed E-state index contributed by atoms with van der Waals surface area (Å²) in [4.78, 5) is 20.6. The van der Waals surface area contributed by atoms with E-state index in [0.29, 0.717) is 5.56 Å². The van der Waals surface area contributed by atoms with Crippen molar-refractivity contribution in [3.05, 3.63) is 30.1 Å². The summed E-state index contributed by atoms with van der Waals surface area (Å²) in [7, 11) is 0. The summed E-state index contributed by atoms with van der Waals surface area (Å²) < 4.78 is 0. The van der Waals surface area contributed by atoms with Crippen molar-refractivity contribution in [2.24, 2.45) is 5.92 Å². The molecule has 126 valence electrons. The molecule has 1 aromatic heterocycles. The second kappa shape index (κ2) is 6.97. The summed E-state index contributed by atoms with van der Waals surface area (Å²) in [6.45, 7) is 6.16. The lowest BCUT2D eigenvalue weighted by molar-refractivity contribution is -0.0418. The molecule has 1 N–H and O–H groups in total. The Morgan fingerprint density at radius 1 is 1.22 bits per heavy atom. The number of hydrogen-bond donors (Lipinski definition) is 1. The number of carbonyl (C=O) groups is 1. The van der Waals surface area contributed by atoms with Crippen LogP contribution in [-0.2, 0) is 0 Å². The molecule has 23 heavy (non-hydrogen) atoms. The number of amides is 1. The summed E-state index contributed by atoms with van der Waals surface area (Å²) in [6.07, 6.45) is 7.37. The standard InChI is InChI=1S/C18H27N3O2/c1-15-2-6-18(23,7-3-15)14-20-10-12-21(13-11-20)17(22)16-4-8-19-9-5-16/h4-5,8-9,15,23H,2-3,6-7,10-14H2,1H3. The van der Waals surface area contributed by atoms with Gasteiger partial charge in [0.25, 0.3) is 5.91 Å². The summed E-state index contributed by atoms with van der Waals surface area (Å²) >= 11 is 0. The van der Waals surface area contributed by atoms with E-state index in [1.54, 1.807) is 24.5 Å². The number of piperazine rings is 1. The molecule has 1 aliphatic carbocycles. The number of β-amino-alcohol motifs (C(OH)–C–C–N with tert-alkyl or cyclic N) is 1. The highest BCUT2D eigenvalue weighted by atomic mass is 16.3. The van der Waals surface area contributed by atoms with Gasteiger partial charge in [-0.1, -0.05) is 6.92 Å². The van der Waals surface area contributed by atoms with Crippen LogP contribution in [0.5, 0.6) is 0 Å². The van der Waals surface area contributed by atoms with Gasteiger partial charge >= 0.3 is 0 Å². The van der Waals surface area contributed by atoms with Crippen molar-refractivity contribution in [3.8, 4) is 0 Å². The Bertz CT molecular complexity index is 518. The average Bonchev–Trinajstić information content (AvgIpc) is 2.59. The van der Waals surface area contributed by atoms with Crippen molar-refractivity contribution in [1.82, 2.24) is 14.8 Å². The second-order valence-electron chi connectivity index (χ2n) is 7.21. The zero-order valence-corrected chi connectivity index (χ0v) is 13.9. The van der Waals surface area contributed by atoms with Gasteiger partial charge in [0.1, 0.15) is 0 Å². The van der Waals surface area contributed by atoms with Crippen molar-refractivity contribution in [2.75, 3.05) is 32.7 Å². The van der Waals surface area contributed by atoms with Gasteiger partial charge in [-0.3, -0.25) is 14.7 Å².